The summed E-state index contributed by atoms with van der Waals surface area (Å²) in [6.07, 6.45) is 0.530. The predicted octanol–water partition coefficient (Wildman–Crippen LogP) is 3.60. The van der Waals surface area contributed by atoms with Gasteiger partial charge in [0.25, 0.3) is 0 Å². The van der Waals surface area contributed by atoms with Crippen LogP contribution in [-0.4, -0.2) is 28.4 Å². The summed E-state index contributed by atoms with van der Waals surface area (Å²) in [5.74, 6) is -1.09. The molecule has 0 fully saturated rings. The molecule has 1 aliphatic rings. The van der Waals surface area contributed by atoms with E-state index < -0.39 is 5.97 Å². The Bertz CT molecular complexity index is 933. The fourth-order valence-electron chi connectivity index (χ4n) is 3.51. The summed E-state index contributed by atoms with van der Waals surface area (Å²) in [6, 6.07) is 12.0. The van der Waals surface area contributed by atoms with Crippen LogP contribution in [0.2, 0.25) is 5.02 Å². The molecule has 1 N–H and O–H groups in total. The maximum absolute atomic E-state index is 12.9. The highest BCUT2D eigenvalue weighted by Crippen LogP contribution is 2.32. The fourth-order valence-corrected chi connectivity index (χ4v) is 3.75. The lowest BCUT2D eigenvalue weighted by Crippen LogP contribution is -2.40. The number of carboxylic acids is 1. The highest BCUT2D eigenvalue weighted by Gasteiger charge is 2.30. The van der Waals surface area contributed by atoms with Crippen LogP contribution in [-0.2, 0) is 17.6 Å². The molecule has 5 nitrogen and oxygen atoms in total. The third-order valence-corrected chi connectivity index (χ3v) is 5.20. The molecule has 0 radical (unpaired) electrons. The number of hydrogen-bond acceptors (Lipinski definition) is 3. The van der Waals surface area contributed by atoms with E-state index in [9.17, 15) is 20.0 Å². The minimum Gasteiger partial charge on any atom is -0.478 e. The van der Waals surface area contributed by atoms with Crippen molar-refractivity contribution >= 4 is 23.5 Å². The van der Waals surface area contributed by atoms with E-state index in [-0.39, 0.29) is 18.4 Å². The summed E-state index contributed by atoms with van der Waals surface area (Å²) in [7, 11) is 0. The lowest BCUT2D eigenvalue weighted by molar-refractivity contribution is -0.133. The van der Waals surface area contributed by atoms with Crippen molar-refractivity contribution < 1.29 is 14.7 Å². The number of carbonyl (C=O) groups is 2. The van der Waals surface area contributed by atoms with Gasteiger partial charge in [0.05, 0.1) is 29.7 Å². The Kier molecular flexibility index (Phi) is 4.97. The molecule has 6 heteroatoms. The van der Waals surface area contributed by atoms with E-state index in [1.807, 2.05) is 13.0 Å². The molecule has 0 aromatic heterocycles. The first kappa shape index (κ1) is 18.0. The summed E-state index contributed by atoms with van der Waals surface area (Å²) in [5.41, 5.74) is 2.85. The van der Waals surface area contributed by atoms with Crippen LogP contribution in [0.3, 0.4) is 0 Å². The lowest BCUT2D eigenvalue weighted by Gasteiger charge is -2.36. The molecule has 26 heavy (non-hydrogen) atoms. The molecule has 0 unspecified atom stereocenters. The van der Waals surface area contributed by atoms with Crippen molar-refractivity contribution in [2.24, 2.45) is 0 Å². The van der Waals surface area contributed by atoms with Gasteiger partial charge in [0.1, 0.15) is 0 Å². The van der Waals surface area contributed by atoms with Crippen LogP contribution >= 0.6 is 11.6 Å². The maximum Gasteiger partial charge on any atom is 0.335 e. The normalized spacial score (nSPS) is 15.9. The van der Waals surface area contributed by atoms with Crippen molar-refractivity contribution in [3.8, 4) is 6.07 Å². The van der Waals surface area contributed by atoms with Gasteiger partial charge in [-0.05, 0) is 48.2 Å². The number of nitriles is 1. The first-order valence-corrected chi connectivity index (χ1v) is 8.64. The Morgan fingerprint density at radius 2 is 2.04 bits per heavy atom. The number of halogens is 1. The van der Waals surface area contributed by atoms with Crippen LogP contribution in [0.5, 0.6) is 0 Å². The number of hydrogen-bond donors (Lipinski definition) is 1. The van der Waals surface area contributed by atoms with E-state index in [1.54, 1.807) is 35.2 Å². The Hall–Kier alpha value is -2.84. The molecule has 3 rings (SSSR count). The second-order valence-electron chi connectivity index (χ2n) is 6.25. The molecular formula is C20H17ClN2O3. The van der Waals surface area contributed by atoms with Crippen molar-refractivity contribution in [1.82, 2.24) is 4.90 Å². The van der Waals surface area contributed by atoms with E-state index in [4.69, 9.17) is 11.6 Å². The first-order chi connectivity index (χ1) is 12.4. The highest BCUT2D eigenvalue weighted by molar-refractivity contribution is 6.31. The topological polar surface area (TPSA) is 81.4 Å². The van der Waals surface area contributed by atoms with Crippen molar-refractivity contribution in [1.29, 1.82) is 5.26 Å². The monoisotopic (exact) mass is 368 g/mol. The van der Waals surface area contributed by atoms with Gasteiger partial charge in [0.15, 0.2) is 0 Å². The Morgan fingerprint density at radius 1 is 1.31 bits per heavy atom. The van der Waals surface area contributed by atoms with Crippen LogP contribution < -0.4 is 0 Å². The van der Waals surface area contributed by atoms with Crippen LogP contribution in [0, 0.1) is 11.3 Å². The van der Waals surface area contributed by atoms with E-state index in [0.29, 0.717) is 34.7 Å². The smallest absolute Gasteiger partial charge is 0.335 e. The maximum atomic E-state index is 12.9. The molecule has 1 atom stereocenters. The molecule has 1 heterocycles. The van der Waals surface area contributed by atoms with E-state index in [1.165, 1.54) is 0 Å². The average Bonchev–Trinajstić information content (AvgIpc) is 2.63. The molecule has 1 aliphatic heterocycles. The molecule has 132 valence electrons. The second-order valence-corrected chi connectivity index (χ2v) is 6.65. The zero-order valence-electron chi connectivity index (χ0n) is 14.2. The average molecular weight is 369 g/mol. The third-order valence-electron chi connectivity index (χ3n) is 4.85. The number of benzene rings is 2. The number of rotatable bonds is 3. The summed E-state index contributed by atoms with van der Waals surface area (Å²) in [5, 5.41) is 19.0. The SMILES string of the molecule is C[C@H]1c2cccc(C(=O)O)c2CCN1C(=O)Cc1c(Cl)cccc1C#N. The number of amides is 1. The van der Waals surface area contributed by atoms with Gasteiger partial charge in [-0.3, -0.25) is 4.79 Å². The van der Waals surface area contributed by atoms with Gasteiger partial charge in [0, 0.05) is 11.6 Å². The second kappa shape index (κ2) is 7.19. The molecule has 0 saturated carbocycles. The van der Waals surface area contributed by atoms with Gasteiger partial charge >= 0.3 is 5.97 Å². The van der Waals surface area contributed by atoms with Crippen molar-refractivity contribution in [2.45, 2.75) is 25.8 Å². The van der Waals surface area contributed by atoms with Gasteiger partial charge in [0.2, 0.25) is 5.91 Å². The molecule has 0 aliphatic carbocycles. The summed E-state index contributed by atoms with van der Waals surface area (Å²) >= 11 is 6.18. The molecule has 0 spiro atoms. The minimum atomic E-state index is -0.955. The standard InChI is InChI=1S/C20H17ClN2O3/c1-12-14-5-3-6-16(20(25)26)15(14)8-9-23(12)19(24)10-17-13(11-22)4-2-7-18(17)21/h2-7,12H,8-10H2,1H3,(H,25,26)/t12-/m0/s1. The van der Waals surface area contributed by atoms with Crippen LogP contribution in [0.1, 0.15) is 45.6 Å². The number of nitrogens with zero attached hydrogens (tertiary/aromatic N) is 2. The van der Waals surface area contributed by atoms with Crippen molar-refractivity contribution in [3.05, 3.63) is 69.2 Å². The number of fused-ring (bicyclic) bond motifs is 1. The molecular weight excluding hydrogens is 352 g/mol. The van der Waals surface area contributed by atoms with E-state index in [0.717, 1.165) is 11.1 Å². The summed E-state index contributed by atoms with van der Waals surface area (Å²) in [6.45, 7) is 2.32. The van der Waals surface area contributed by atoms with Crippen molar-refractivity contribution in [2.75, 3.05) is 6.54 Å². The molecule has 2 aromatic rings. The highest BCUT2D eigenvalue weighted by atomic mass is 35.5. The number of carboxylic acid groups (broad SMARTS) is 1. The number of aromatic carboxylic acids is 1. The van der Waals surface area contributed by atoms with Gasteiger partial charge < -0.3 is 10.0 Å². The largest absolute Gasteiger partial charge is 0.478 e. The first-order valence-electron chi connectivity index (χ1n) is 8.26. The fraction of sp³-hybridized carbons (Fsp3) is 0.250. The lowest BCUT2D eigenvalue weighted by atomic mass is 9.89. The van der Waals surface area contributed by atoms with Crippen molar-refractivity contribution in [3.63, 3.8) is 0 Å². The van der Waals surface area contributed by atoms with Crippen LogP contribution in [0.25, 0.3) is 0 Å². The molecule has 2 aromatic carbocycles. The quantitative estimate of drug-likeness (QED) is 0.897. The van der Waals surface area contributed by atoms with Gasteiger partial charge in [-0.1, -0.05) is 29.8 Å². The number of carbonyl (C=O) groups excluding carboxylic acids is 1. The van der Waals surface area contributed by atoms with Gasteiger partial charge in [-0.25, -0.2) is 4.79 Å². The Labute approximate surface area is 156 Å². The zero-order valence-corrected chi connectivity index (χ0v) is 15.0. The third kappa shape index (κ3) is 3.16. The molecule has 0 saturated heterocycles. The molecule has 1 amide bonds. The van der Waals surface area contributed by atoms with Crippen LogP contribution in [0.4, 0.5) is 0 Å². The Morgan fingerprint density at radius 3 is 2.73 bits per heavy atom. The Balaban J connectivity index is 1.88. The zero-order chi connectivity index (χ0) is 18.8. The molecule has 0 bridgehead atoms. The van der Waals surface area contributed by atoms with E-state index >= 15 is 0 Å². The summed E-state index contributed by atoms with van der Waals surface area (Å²) < 4.78 is 0. The predicted molar refractivity (Wildman–Crippen MR) is 97.1 cm³/mol. The van der Waals surface area contributed by atoms with Crippen LogP contribution in [0.15, 0.2) is 36.4 Å². The summed E-state index contributed by atoms with van der Waals surface area (Å²) in [4.78, 5) is 26.0. The minimum absolute atomic E-state index is 0.0425. The van der Waals surface area contributed by atoms with Gasteiger partial charge in [-0.15, -0.1) is 0 Å². The van der Waals surface area contributed by atoms with Gasteiger partial charge in [-0.2, -0.15) is 5.26 Å². The van der Waals surface area contributed by atoms with E-state index in [2.05, 4.69) is 6.07 Å².